The number of amides is 1. The second kappa shape index (κ2) is 6.17. The summed E-state index contributed by atoms with van der Waals surface area (Å²) < 4.78 is 0.936. The monoisotopic (exact) mass is 314 g/mol. The summed E-state index contributed by atoms with van der Waals surface area (Å²) in [6, 6.07) is 16.4. The van der Waals surface area contributed by atoms with Crippen LogP contribution in [0.5, 0.6) is 0 Å². The molecule has 1 amide bonds. The molecule has 4 heteroatoms. The number of nitrogens with one attached hydrogen (secondary N) is 1. The van der Waals surface area contributed by atoms with Crippen LogP contribution in [0.3, 0.4) is 0 Å². The SMILES string of the molecule is N#Cc1cccc(CNC(=O)c2ccc(Br)cc2)c1. The van der Waals surface area contributed by atoms with Gasteiger partial charge in [0.05, 0.1) is 11.6 Å². The van der Waals surface area contributed by atoms with Gasteiger partial charge >= 0.3 is 0 Å². The van der Waals surface area contributed by atoms with Gasteiger partial charge in [-0.15, -0.1) is 0 Å². The molecule has 2 aromatic carbocycles. The van der Waals surface area contributed by atoms with E-state index >= 15 is 0 Å². The minimum Gasteiger partial charge on any atom is -0.348 e. The smallest absolute Gasteiger partial charge is 0.251 e. The number of halogens is 1. The standard InChI is InChI=1S/C15H11BrN2O/c16-14-6-4-13(5-7-14)15(19)18-10-12-3-1-2-11(8-12)9-17/h1-8H,10H2,(H,18,19). The topological polar surface area (TPSA) is 52.9 Å². The predicted molar refractivity (Wildman–Crippen MR) is 76.5 cm³/mol. The Kier molecular flexibility index (Phi) is 4.32. The molecule has 0 spiro atoms. The summed E-state index contributed by atoms with van der Waals surface area (Å²) in [6.07, 6.45) is 0. The summed E-state index contributed by atoms with van der Waals surface area (Å²) in [7, 11) is 0. The molecule has 0 radical (unpaired) electrons. The summed E-state index contributed by atoms with van der Waals surface area (Å²) in [5, 5.41) is 11.6. The Morgan fingerprint density at radius 1 is 1.21 bits per heavy atom. The van der Waals surface area contributed by atoms with Crippen molar-refractivity contribution in [1.82, 2.24) is 5.32 Å². The van der Waals surface area contributed by atoms with Crippen molar-refractivity contribution >= 4 is 21.8 Å². The minimum atomic E-state index is -0.130. The largest absolute Gasteiger partial charge is 0.348 e. The van der Waals surface area contributed by atoms with Gasteiger partial charge in [-0.05, 0) is 42.0 Å². The lowest BCUT2D eigenvalue weighted by molar-refractivity contribution is 0.0951. The van der Waals surface area contributed by atoms with E-state index in [1.807, 2.05) is 18.2 Å². The molecule has 0 heterocycles. The van der Waals surface area contributed by atoms with Gasteiger partial charge < -0.3 is 5.32 Å². The van der Waals surface area contributed by atoms with Crippen molar-refractivity contribution in [2.45, 2.75) is 6.54 Å². The van der Waals surface area contributed by atoms with E-state index in [1.165, 1.54) is 0 Å². The van der Waals surface area contributed by atoms with E-state index < -0.39 is 0 Å². The molecule has 3 nitrogen and oxygen atoms in total. The molecule has 2 aromatic rings. The Balaban J connectivity index is 2.00. The molecule has 0 saturated heterocycles. The predicted octanol–water partition coefficient (Wildman–Crippen LogP) is 3.25. The Hall–Kier alpha value is -2.12. The normalized spacial score (nSPS) is 9.68. The first-order valence-corrected chi connectivity index (χ1v) is 6.51. The van der Waals surface area contributed by atoms with Gasteiger partial charge in [-0.1, -0.05) is 28.1 Å². The number of carbonyl (C=O) groups is 1. The van der Waals surface area contributed by atoms with Gasteiger partial charge in [0.2, 0.25) is 0 Å². The van der Waals surface area contributed by atoms with Crippen LogP contribution >= 0.6 is 15.9 Å². The summed E-state index contributed by atoms with van der Waals surface area (Å²) in [5.41, 5.74) is 2.11. The molecule has 2 rings (SSSR count). The molecule has 0 saturated carbocycles. The highest BCUT2D eigenvalue weighted by molar-refractivity contribution is 9.10. The zero-order chi connectivity index (χ0) is 13.7. The first kappa shape index (κ1) is 13.3. The molecule has 0 aliphatic rings. The van der Waals surface area contributed by atoms with Crippen molar-refractivity contribution in [3.63, 3.8) is 0 Å². The quantitative estimate of drug-likeness (QED) is 0.945. The third-order valence-electron chi connectivity index (χ3n) is 2.62. The van der Waals surface area contributed by atoms with E-state index in [0.717, 1.165) is 10.0 Å². The van der Waals surface area contributed by atoms with Crippen molar-refractivity contribution in [3.05, 3.63) is 69.7 Å². The Morgan fingerprint density at radius 2 is 1.95 bits per heavy atom. The molecular weight excluding hydrogens is 304 g/mol. The van der Waals surface area contributed by atoms with Gasteiger partial charge in [0, 0.05) is 16.6 Å². The molecule has 0 unspecified atom stereocenters. The fourth-order valence-corrected chi connectivity index (χ4v) is 1.90. The maximum absolute atomic E-state index is 11.9. The molecule has 94 valence electrons. The molecule has 0 aromatic heterocycles. The molecule has 0 bridgehead atoms. The summed E-state index contributed by atoms with van der Waals surface area (Å²) >= 11 is 3.32. The maximum Gasteiger partial charge on any atom is 0.251 e. The summed E-state index contributed by atoms with van der Waals surface area (Å²) in [6.45, 7) is 0.407. The van der Waals surface area contributed by atoms with E-state index in [-0.39, 0.29) is 5.91 Å². The zero-order valence-electron chi connectivity index (χ0n) is 10.1. The van der Waals surface area contributed by atoms with Crippen LogP contribution in [0.25, 0.3) is 0 Å². The van der Waals surface area contributed by atoms with Crippen LogP contribution in [0, 0.1) is 11.3 Å². The van der Waals surface area contributed by atoms with Gasteiger partial charge in [0.25, 0.3) is 5.91 Å². The number of nitriles is 1. The highest BCUT2D eigenvalue weighted by Gasteiger charge is 2.04. The van der Waals surface area contributed by atoms with Crippen LogP contribution in [-0.4, -0.2) is 5.91 Å². The van der Waals surface area contributed by atoms with Crippen molar-refractivity contribution in [2.75, 3.05) is 0 Å². The zero-order valence-corrected chi connectivity index (χ0v) is 11.6. The minimum absolute atomic E-state index is 0.130. The number of nitrogens with zero attached hydrogens (tertiary/aromatic N) is 1. The number of benzene rings is 2. The number of hydrogen-bond donors (Lipinski definition) is 1. The maximum atomic E-state index is 11.9. The van der Waals surface area contributed by atoms with Crippen LogP contribution in [0.15, 0.2) is 53.0 Å². The van der Waals surface area contributed by atoms with E-state index in [0.29, 0.717) is 17.7 Å². The second-order valence-electron chi connectivity index (χ2n) is 4.00. The Labute approximate surface area is 120 Å². The third-order valence-corrected chi connectivity index (χ3v) is 3.14. The van der Waals surface area contributed by atoms with Crippen LogP contribution < -0.4 is 5.32 Å². The van der Waals surface area contributed by atoms with Crippen LogP contribution in [0.1, 0.15) is 21.5 Å². The van der Waals surface area contributed by atoms with Gasteiger partial charge in [0.1, 0.15) is 0 Å². The fourth-order valence-electron chi connectivity index (χ4n) is 1.64. The van der Waals surface area contributed by atoms with Crippen LogP contribution in [0.4, 0.5) is 0 Å². The van der Waals surface area contributed by atoms with Gasteiger partial charge in [-0.2, -0.15) is 5.26 Å². The van der Waals surface area contributed by atoms with Crippen LogP contribution in [0.2, 0.25) is 0 Å². The first-order valence-electron chi connectivity index (χ1n) is 5.72. The number of hydrogen-bond acceptors (Lipinski definition) is 2. The van der Waals surface area contributed by atoms with Crippen molar-refractivity contribution in [1.29, 1.82) is 5.26 Å². The Bertz CT molecular complexity index is 629. The Morgan fingerprint density at radius 3 is 2.63 bits per heavy atom. The van der Waals surface area contributed by atoms with Crippen molar-refractivity contribution in [3.8, 4) is 6.07 Å². The molecule has 0 aliphatic carbocycles. The second-order valence-corrected chi connectivity index (χ2v) is 4.92. The average Bonchev–Trinajstić information content (AvgIpc) is 2.46. The van der Waals surface area contributed by atoms with Crippen molar-refractivity contribution < 1.29 is 4.79 Å². The van der Waals surface area contributed by atoms with Crippen molar-refractivity contribution in [2.24, 2.45) is 0 Å². The molecule has 19 heavy (non-hydrogen) atoms. The lowest BCUT2D eigenvalue weighted by Gasteiger charge is -2.05. The fraction of sp³-hybridized carbons (Fsp3) is 0.0667. The number of rotatable bonds is 3. The van der Waals surface area contributed by atoms with Gasteiger partial charge in [-0.3, -0.25) is 4.79 Å². The molecular formula is C15H11BrN2O. The van der Waals surface area contributed by atoms with Gasteiger partial charge in [0.15, 0.2) is 0 Å². The molecule has 0 aliphatic heterocycles. The van der Waals surface area contributed by atoms with E-state index in [4.69, 9.17) is 5.26 Å². The lowest BCUT2D eigenvalue weighted by atomic mass is 10.1. The number of carbonyl (C=O) groups excluding carboxylic acids is 1. The average molecular weight is 315 g/mol. The highest BCUT2D eigenvalue weighted by Crippen LogP contribution is 2.10. The van der Waals surface area contributed by atoms with Gasteiger partial charge in [-0.25, -0.2) is 0 Å². The summed E-state index contributed by atoms with van der Waals surface area (Å²) in [4.78, 5) is 11.9. The first-order chi connectivity index (χ1) is 9.19. The van der Waals surface area contributed by atoms with E-state index in [2.05, 4.69) is 27.3 Å². The molecule has 0 fully saturated rings. The van der Waals surface area contributed by atoms with E-state index in [9.17, 15) is 4.79 Å². The van der Waals surface area contributed by atoms with E-state index in [1.54, 1.807) is 30.3 Å². The lowest BCUT2D eigenvalue weighted by Crippen LogP contribution is -2.22. The highest BCUT2D eigenvalue weighted by atomic mass is 79.9. The van der Waals surface area contributed by atoms with Crippen LogP contribution in [-0.2, 0) is 6.54 Å². The third kappa shape index (κ3) is 3.67. The molecule has 0 atom stereocenters. The molecule has 1 N–H and O–H groups in total. The summed E-state index contributed by atoms with van der Waals surface area (Å²) in [5.74, 6) is -0.130.